The molecule has 0 atom stereocenters. The number of rotatable bonds is 2. The van der Waals surface area contributed by atoms with E-state index in [2.05, 4.69) is 27.3 Å². The Balaban J connectivity index is 1.79. The summed E-state index contributed by atoms with van der Waals surface area (Å²) in [6.45, 7) is 2.07. The molecule has 4 rings (SSSR count). The van der Waals surface area contributed by atoms with E-state index in [9.17, 15) is 0 Å². The Morgan fingerprint density at radius 1 is 1.24 bits per heavy atom. The van der Waals surface area contributed by atoms with Crippen molar-refractivity contribution >= 4 is 60.6 Å². The maximum Gasteiger partial charge on any atom is 0.157 e. The van der Waals surface area contributed by atoms with Crippen LogP contribution in [0.1, 0.15) is 5.56 Å². The average molecular weight is 330 g/mol. The van der Waals surface area contributed by atoms with E-state index >= 15 is 0 Å². The third kappa shape index (κ3) is 2.27. The molecule has 7 heteroatoms. The first-order chi connectivity index (χ1) is 10.2. The predicted molar refractivity (Wildman–Crippen MR) is 90.3 cm³/mol. The topological polar surface area (TPSA) is 64.7 Å². The molecular formula is C14H10N4S3. The van der Waals surface area contributed by atoms with E-state index in [1.54, 1.807) is 40.8 Å². The lowest BCUT2D eigenvalue weighted by Gasteiger charge is -1.98. The molecule has 0 saturated carbocycles. The Labute approximate surface area is 133 Å². The summed E-state index contributed by atoms with van der Waals surface area (Å²) < 4.78 is 3.20. The summed E-state index contributed by atoms with van der Waals surface area (Å²) in [6, 6.07) is 5.79. The fourth-order valence-electron chi connectivity index (χ4n) is 2.07. The van der Waals surface area contributed by atoms with Crippen LogP contribution in [0.4, 0.5) is 5.69 Å². The standard InChI is InChI=1S/C14H10N4S3/c1-7-5-19-12-11(7)16-6-17-13(12)21-14-18-9-3-2-8(15)4-10(9)20-14/h2-6H,15H2,1H3. The van der Waals surface area contributed by atoms with Gasteiger partial charge in [-0.25, -0.2) is 15.0 Å². The van der Waals surface area contributed by atoms with Gasteiger partial charge in [-0.05, 0) is 47.8 Å². The van der Waals surface area contributed by atoms with Crippen molar-refractivity contribution in [2.24, 2.45) is 0 Å². The van der Waals surface area contributed by atoms with Crippen LogP contribution in [0.2, 0.25) is 0 Å². The maximum atomic E-state index is 5.82. The van der Waals surface area contributed by atoms with Gasteiger partial charge in [0.1, 0.15) is 11.4 Å². The van der Waals surface area contributed by atoms with E-state index in [1.165, 1.54) is 5.56 Å². The van der Waals surface area contributed by atoms with E-state index in [-0.39, 0.29) is 0 Å². The van der Waals surface area contributed by atoms with Crippen LogP contribution < -0.4 is 5.73 Å². The molecule has 4 nitrogen and oxygen atoms in total. The van der Waals surface area contributed by atoms with Crippen LogP contribution in [-0.2, 0) is 0 Å². The molecule has 0 aliphatic heterocycles. The number of nitrogens with zero attached hydrogens (tertiary/aromatic N) is 3. The zero-order valence-electron chi connectivity index (χ0n) is 11.0. The van der Waals surface area contributed by atoms with E-state index < -0.39 is 0 Å². The van der Waals surface area contributed by atoms with Crippen LogP contribution in [0.25, 0.3) is 20.4 Å². The van der Waals surface area contributed by atoms with Gasteiger partial charge in [0, 0.05) is 5.69 Å². The summed E-state index contributed by atoms with van der Waals surface area (Å²) in [5, 5.41) is 3.08. The summed E-state index contributed by atoms with van der Waals surface area (Å²) in [6.07, 6.45) is 1.62. The molecule has 2 N–H and O–H groups in total. The molecule has 4 aromatic rings. The van der Waals surface area contributed by atoms with E-state index in [4.69, 9.17) is 5.73 Å². The molecule has 0 bridgehead atoms. The molecule has 0 amide bonds. The number of aromatic nitrogens is 3. The summed E-state index contributed by atoms with van der Waals surface area (Å²) >= 11 is 4.91. The number of anilines is 1. The molecule has 0 unspecified atom stereocenters. The highest BCUT2D eigenvalue weighted by molar-refractivity contribution is 8.01. The molecule has 0 saturated heterocycles. The minimum Gasteiger partial charge on any atom is -0.399 e. The number of fused-ring (bicyclic) bond motifs is 2. The van der Waals surface area contributed by atoms with Gasteiger partial charge in [0.15, 0.2) is 4.34 Å². The van der Waals surface area contributed by atoms with Crippen molar-refractivity contribution in [1.29, 1.82) is 0 Å². The van der Waals surface area contributed by atoms with Gasteiger partial charge in [-0.2, -0.15) is 0 Å². The number of hydrogen-bond donors (Lipinski definition) is 1. The van der Waals surface area contributed by atoms with Crippen LogP contribution in [0.3, 0.4) is 0 Å². The van der Waals surface area contributed by atoms with Crippen molar-refractivity contribution in [2.75, 3.05) is 5.73 Å². The Morgan fingerprint density at radius 3 is 3.05 bits per heavy atom. The quantitative estimate of drug-likeness (QED) is 0.437. The van der Waals surface area contributed by atoms with E-state index in [0.29, 0.717) is 0 Å². The average Bonchev–Trinajstić information content (AvgIpc) is 3.03. The number of thiazole rings is 1. The van der Waals surface area contributed by atoms with Crippen molar-refractivity contribution in [1.82, 2.24) is 15.0 Å². The van der Waals surface area contributed by atoms with Crippen LogP contribution >= 0.6 is 34.4 Å². The highest BCUT2D eigenvalue weighted by Gasteiger charge is 2.12. The zero-order chi connectivity index (χ0) is 14.4. The minimum absolute atomic E-state index is 0.765. The lowest BCUT2D eigenvalue weighted by atomic mass is 10.3. The van der Waals surface area contributed by atoms with Crippen molar-refractivity contribution in [3.8, 4) is 0 Å². The molecule has 0 aliphatic carbocycles. The fourth-order valence-corrected chi connectivity index (χ4v) is 5.24. The van der Waals surface area contributed by atoms with Crippen molar-refractivity contribution in [3.63, 3.8) is 0 Å². The van der Waals surface area contributed by atoms with Gasteiger partial charge < -0.3 is 5.73 Å². The highest BCUT2D eigenvalue weighted by Crippen LogP contribution is 2.38. The first kappa shape index (κ1) is 13.0. The summed E-state index contributed by atoms with van der Waals surface area (Å²) in [7, 11) is 0. The zero-order valence-corrected chi connectivity index (χ0v) is 13.5. The predicted octanol–water partition coefficient (Wildman–Crippen LogP) is 4.34. The lowest BCUT2D eigenvalue weighted by Crippen LogP contribution is -1.83. The van der Waals surface area contributed by atoms with Gasteiger partial charge in [-0.15, -0.1) is 22.7 Å². The first-order valence-electron chi connectivity index (χ1n) is 6.23. The first-order valence-corrected chi connectivity index (χ1v) is 8.75. The van der Waals surface area contributed by atoms with Crippen molar-refractivity contribution < 1.29 is 0 Å². The normalized spacial score (nSPS) is 11.5. The second-order valence-corrected chi connectivity index (χ2v) is 7.73. The van der Waals surface area contributed by atoms with E-state index in [0.717, 1.165) is 35.5 Å². The monoisotopic (exact) mass is 330 g/mol. The van der Waals surface area contributed by atoms with Crippen molar-refractivity contribution in [3.05, 3.63) is 35.5 Å². The second kappa shape index (κ2) is 4.94. The van der Waals surface area contributed by atoms with Gasteiger partial charge in [0.25, 0.3) is 0 Å². The third-order valence-corrected chi connectivity index (χ3v) is 6.38. The molecule has 3 heterocycles. The van der Waals surface area contributed by atoms with Gasteiger partial charge >= 0.3 is 0 Å². The smallest absolute Gasteiger partial charge is 0.157 e. The third-order valence-electron chi connectivity index (χ3n) is 3.08. The Bertz CT molecular complexity index is 957. The van der Waals surface area contributed by atoms with E-state index in [1.807, 2.05) is 18.2 Å². The highest BCUT2D eigenvalue weighted by atomic mass is 32.2. The van der Waals surface area contributed by atoms with Gasteiger partial charge in [-0.3, -0.25) is 0 Å². The lowest BCUT2D eigenvalue weighted by molar-refractivity contribution is 1.10. The second-order valence-electron chi connectivity index (χ2n) is 4.58. The largest absolute Gasteiger partial charge is 0.399 e. The minimum atomic E-state index is 0.765. The number of aryl methyl sites for hydroxylation is 1. The molecule has 3 aromatic heterocycles. The molecule has 0 radical (unpaired) electrons. The molecule has 104 valence electrons. The van der Waals surface area contributed by atoms with Crippen LogP contribution in [0.5, 0.6) is 0 Å². The molecule has 0 aliphatic rings. The Morgan fingerprint density at radius 2 is 2.14 bits per heavy atom. The fraction of sp³-hybridized carbons (Fsp3) is 0.0714. The summed E-state index contributed by atoms with van der Waals surface area (Å²) in [5.74, 6) is 0. The summed E-state index contributed by atoms with van der Waals surface area (Å²) in [4.78, 5) is 13.4. The SMILES string of the molecule is Cc1csc2c(Sc3nc4ccc(N)cc4s3)ncnc12. The van der Waals surface area contributed by atoms with Gasteiger partial charge in [-0.1, -0.05) is 0 Å². The molecule has 21 heavy (non-hydrogen) atoms. The molecule has 0 spiro atoms. The number of hydrogen-bond acceptors (Lipinski definition) is 7. The van der Waals surface area contributed by atoms with Crippen LogP contribution in [-0.4, -0.2) is 15.0 Å². The van der Waals surface area contributed by atoms with Gasteiger partial charge in [0.05, 0.1) is 20.4 Å². The summed E-state index contributed by atoms with van der Waals surface area (Å²) in [5.41, 5.74) is 9.78. The number of nitrogens with two attached hydrogens (primary N) is 1. The Hall–Kier alpha value is -1.70. The Kier molecular flexibility index (Phi) is 3.06. The van der Waals surface area contributed by atoms with Crippen LogP contribution in [0, 0.1) is 6.92 Å². The molecular weight excluding hydrogens is 320 g/mol. The van der Waals surface area contributed by atoms with Crippen molar-refractivity contribution in [2.45, 2.75) is 16.3 Å². The number of benzene rings is 1. The van der Waals surface area contributed by atoms with Gasteiger partial charge in [0.2, 0.25) is 0 Å². The van der Waals surface area contributed by atoms with Crippen LogP contribution in [0.15, 0.2) is 39.3 Å². The number of thiophene rings is 1. The number of nitrogen functional groups attached to an aromatic ring is 1. The maximum absolute atomic E-state index is 5.82. The molecule has 1 aromatic carbocycles. The molecule has 0 fully saturated rings.